The maximum atomic E-state index is 13.2. The first-order chi connectivity index (χ1) is 12.4. The van der Waals surface area contributed by atoms with Crippen LogP contribution in [0.4, 0.5) is 5.69 Å². The molecule has 1 amide bonds. The number of carbonyl (C=O) groups is 1. The predicted octanol–water partition coefficient (Wildman–Crippen LogP) is 2.68. The fourth-order valence-electron chi connectivity index (χ4n) is 3.05. The fraction of sp³-hybridized carbons (Fsp3) is 0.211. The minimum absolute atomic E-state index is 0.123. The number of sulfone groups is 1. The molecule has 0 fully saturated rings. The third-order valence-electron chi connectivity index (χ3n) is 4.39. The summed E-state index contributed by atoms with van der Waals surface area (Å²) in [5.41, 5.74) is 2.11. The first kappa shape index (κ1) is 16.7. The summed E-state index contributed by atoms with van der Waals surface area (Å²) in [5.74, 6) is 0.678. The highest BCUT2D eigenvalue weighted by molar-refractivity contribution is 7.94. The molecular formula is C19H17NO5S. The largest absolute Gasteiger partial charge is 0.454 e. The molecule has 6 nitrogen and oxygen atoms in total. The Morgan fingerprint density at radius 1 is 1.08 bits per heavy atom. The lowest BCUT2D eigenvalue weighted by atomic mass is 10.1. The minimum Gasteiger partial charge on any atom is -0.454 e. The van der Waals surface area contributed by atoms with Crippen LogP contribution in [0.1, 0.15) is 15.9 Å². The average Bonchev–Trinajstić information content (AvgIpc) is 3.22. The second kappa shape index (κ2) is 6.17. The van der Waals surface area contributed by atoms with E-state index in [-0.39, 0.29) is 18.5 Å². The van der Waals surface area contributed by atoms with Gasteiger partial charge in [0.15, 0.2) is 21.3 Å². The number of hydrogen-bond acceptors (Lipinski definition) is 5. The van der Waals surface area contributed by atoms with Gasteiger partial charge in [-0.3, -0.25) is 4.79 Å². The SMILES string of the molecule is Cc1ccc(N(C(=O)c2ccc3c(c2)OCO3)[C@@H]2C=CS(=O)(=O)C2)cc1. The molecule has 4 rings (SSSR count). The molecule has 0 aliphatic carbocycles. The molecule has 0 unspecified atom stereocenters. The Morgan fingerprint density at radius 3 is 2.50 bits per heavy atom. The Balaban J connectivity index is 1.74. The molecule has 0 aromatic heterocycles. The summed E-state index contributed by atoms with van der Waals surface area (Å²) in [6, 6.07) is 11.8. The number of amides is 1. The van der Waals surface area contributed by atoms with Gasteiger partial charge in [-0.25, -0.2) is 8.42 Å². The number of ether oxygens (including phenoxy) is 2. The molecule has 0 saturated carbocycles. The third kappa shape index (κ3) is 3.06. The van der Waals surface area contributed by atoms with Crippen molar-refractivity contribution in [2.75, 3.05) is 17.4 Å². The molecule has 0 spiro atoms. The van der Waals surface area contributed by atoms with Crippen molar-refractivity contribution in [3.8, 4) is 11.5 Å². The lowest BCUT2D eigenvalue weighted by Gasteiger charge is -2.28. The van der Waals surface area contributed by atoms with E-state index in [0.29, 0.717) is 22.7 Å². The quantitative estimate of drug-likeness (QED) is 0.829. The second-order valence-corrected chi connectivity index (χ2v) is 8.24. The van der Waals surface area contributed by atoms with Crippen LogP contribution in [0.5, 0.6) is 11.5 Å². The van der Waals surface area contributed by atoms with Gasteiger partial charge in [-0.15, -0.1) is 0 Å². The van der Waals surface area contributed by atoms with Gasteiger partial charge in [0.25, 0.3) is 5.91 Å². The Morgan fingerprint density at radius 2 is 1.81 bits per heavy atom. The number of nitrogens with zero attached hydrogens (tertiary/aromatic N) is 1. The van der Waals surface area contributed by atoms with Crippen molar-refractivity contribution in [2.45, 2.75) is 13.0 Å². The molecule has 0 bridgehead atoms. The molecular weight excluding hydrogens is 354 g/mol. The number of fused-ring (bicyclic) bond motifs is 1. The molecule has 7 heteroatoms. The topological polar surface area (TPSA) is 72.9 Å². The number of hydrogen-bond donors (Lipinski definition) is 0. The van der Waals surface area contributed by atoms with E-state index < -0.39 is 15.9 Å². The highest BCUT2D eigenvalue weighted by Crippen LogP contribution is 2.34. The lowest BCUT2D eigenvalue weighted by molar-refractivity contribution is 0.0982. The van der Waals surface area contributed by atoms with Crippen molar-refractivity contribution in [3.63, 3.8) is 0 Å². The molecule has 0 N–H and O–H groups in total. The van der Waals surface area contributed by atoms with Crippen LogP contribution >= 0.6 is 0 Å². The Labute approximate surface area is 151 Å². The molecule has 0 saturated heterocycles. The summed E-state index contributed by atoms with van der Waals surface area (Å²) >= 11 is 0. The van der Waals surface area contributed by atoms with Gasteiger partial charge in [-0.05, 0) is 43.3 Å². The van der Waals surface area contributed by atoms with Gasteiger partial charge in [0, 0.05) is 16.7 Å². The van der Waals surface area contributed by atoms with Crippen molar-refractivity contribution >= 4 is 21.4 Å². The Hall–Kier alpha value is -2.80. The summed E-state index contributed by atoms with van der Waals surface area (Å²) in [7, 11) is -3.30. The molecule has 2 aromatic carbocycles. The number of rotatable bonds is 3. The Bertz CT molecular complexity index is 995. The highest BCUT2D eigenvalue weighted by atomic mass is 32.2. The zero-order chi connectivity index (χ0) is 18.3. The number of carbonyl (C=O) groups excluding carboxylic acids is 1. The summed E-state index contributed by atoms with van der Waals surface area (Å²) in [6.07, 6.45) is 1.56. The third-order valence-corrected chi connectivity index (χ3v) is 5.77. The Kier molecular flexibility index (Phi) is 3.96. The van der Waals surface area contributed by atoms with Crippen molar-refractivity contribution in [2.24, 2.45) is 0 Å². The average molecular weight is 371 g/mol. The molecule has 2 aliphatic heterocycles. The van der Waals surface area contributed by atoms with Crippen LogP contribution in [0.15, 0.2) is 53.9 Å². The van der Waals surface area contributed by atoms with Gasteiger partial charge in [-0.2, -0.15) is 0 Å². The summed E-state index contributed by atoms with van der Waals surface area (Å²) in [4.78, 5) is 14.7. The molecule has 2 aliphatic rings. The first-order valence-electron chi connectivity index (χ1n) is 8.14. The van der Waals surface area contributed by atoms with E-state index in [9.17, 15) is 13.2 Å². The van der Waals surface area contributed by atoms with Crippen LogP contribution in [-0.2, 0) is 9.84 Å². The van der Waals surface area contributed by atoms with E-state index in [1.807, 2.05) is 31.2 Å². The van der Waals surface area contributed by atoms with E-state index >= 15 is 0 Å². The van der Waals surface area contributed by atoms with E-state index in [1.54, 1.807) is 24.3 Å². The maximum absolute atomic E-state index is 13.2. The van der Waals surface area contributed by atoms with Gasteiger partial charge < -0.3 is 14.4 Å². The van der Waals surface area contributed by atoms with Gasteiger partial charge >= 0.3 is 0 Å². The lowest BCUT2D eigenvalue weighted by Crippen LogP contribution is -2.41. The predicted molar refractivity (Wildman–Crippen MR) is 97.3 cm³/mol. The number of benzene rings is 2. The maximum Gasteiger partial charge on any atom is 0.258 e. The van der Waals surface area contributed by atoms with Gasteiger partial charge in [0.2, 0.25) is 6.79 Å². The van der Waals surface area contributed by atoms with Crippen molar-refractivity contribution < 1.29 is 22.7 Å². The zero-order valence-electron chi connectivity index (χ0n) is 14.1. The standard InChI is InChI=1S/C19H17NO5S/c1-13-2-5-15(6-3-13)20(16-8-9-26(22,23)11-16)19(21)14-4-7-17-18(10-14)25-12-24-17/h2-10,16H,11-12H2,1H3/t16-/m1/s1. The van der Waals surface area contributed by atoms with E-state index in [0.717, 1.165) is 5.56 Å². The van der Waals surface area contributed by atoms with Gasteiger partial charge in [0.1, 0.15) is 0 Å². The minimum atomic E-state index is -3.30. The van der Waals surface area contributed by atoms with Crippen molar-refractivity contribution in [1.29, 1.82) is 0 Å². The van der Waals surface area contributed by atoms with Crippen LogP contribution in [0.2, 0.25) is 0 Å². The van der Waals surface area contributed by atoms with Crippen molar-refractivity contribution in [3.05, 3.63) is 65.1 Å². The van der Waals surface area contributed by atoms with Crippen LogP contribution in [0.3, 0.4) is 0 Å². The van der Waals surface area contributed by atoms with Gasteiger partial charge in [-0.1, -0.05) is 17.7 Å². The fourth-order valence-corrected chi connectivity index (χ4v) is 4.32. The van der Waals surface area contributed by atoms with Gasteiger partial charge in [0.05, 0.1) is 11.8 Å². The normalized spacial score (nSPS) is 19.5. The van der Waals surface area contributed by atoms with Crippen LogP contribution in [0.25, 0.3) is 0 Å². The van der Waals surface area contributed by atoms with Crippen molar-refractivity contribution in [1.82, 2.24) is 0 Å². The summed E-state index contributed by atoms with van der Waals surface area (Å²) in [6.45, 7) is 2.08. The molecule has 134 valence electrons. The van der Waals surface area contributed by atoms with E-state index in [2.05, 4.69) is 0 Å². The molecule has 26 heavy (non-hydrogen) atoms. The molecule has 2 aromatic rings. The molecule has 2 heterocycles. The smallest absolute Gasteiger partial charge is 0.258 e. The van der Waals surface area contributed by atoms with E-state index in [4.69, 9.17) is 9.47 Å². The highest BCUT2D eigenvalue weighted by Gasteiger charge is 2.32. The number of anilines is 1. The van der Waals surface area contributed by atoms with Crippen LogP contribution in [-0.4, -0.2) is 32.9 Å². The second-order valence-electron chi connectivity index (χ2n) is 6.30. The molecule has 1 atom stereocenters. The molecule has 0 radical (unpaired) electrons. The zero-order valence-corrected chi connectivity index (χ0v) is 14.9. The summed E-state index contributed by atoms with van der Waals surface area (Å²) < 4.78 is 34.4. The number of aryl methyl sites for hydroxylation is 1. The van der Waals surface area contributed by atoms with Crippen LogP contribution in [0, 0.1) is 6.92 Å². The monoisotopic (exact) mass is 371 g/mol. The van der Waals surface area contributed by atoms with Crippen LogP contribution < -0.4 is 14.4 Å². The first-order valence-corrected chi connectivity index (χ1v) is 9.85. The van der Waals surface area contributed by atoms with E-state index in [1.165, 1.54) is 10.3 Å². The summed E-state index contributed by atoms with van der Waals surface area (Å²) in [5, 5.41) is 1.17.